The summed E-state index contributed by atoms with van der Waals surface area (Å²) in [6.45, 7) is 9.36. The molecule has 27 heavy (non-hydrogen) atoms. The van der Waals surface area contributed by atoms with Gasteiger partial charge < -0.3 is 15.1 Å². The zero-order valence-corrected chi connectivity index (χ0v) is 16.1. The molecule has 1 aliphatic rings. The molecule has 3 N–H and O–H groups in total. The molecule has 0 unspecified atom stereocenters. The number of nitriles is 1. The van der Waals surface area contributed by atoms with Crippen LogP contribution in [0.15, 0.2) is 48.5 Å². The fourth-order valence-corrected chi connectivity index (χ4v) is 3.71. The van der Waals surface area contributed by atoms with Gasteiger partial charge in [-0.25, -0.2) is 0 Å². The summed E-state index contributed by atoms with van der Waals surface area (Å²) >= 11 is 0. The van der Waals surface area contributed by atoms with Gasteiger partial charge in [0.05, 0.1) is 11.6 Å². The molecule has 1 atom stereocenters. The van der Waals surface area contributed by atoms with Gasteiger partial charge in [-0.05, 0) is 38.1 Å². The first-order chi connectivity index (χ1) is 13.0. The Morgan fingerprint density at radius 3 is 2.48 bits per heavy atom. The number of carbonyl (C=O) groups is 1. The zero-order chi connectivity index (χ0) is 19.2. The molecule has 5 nitrogen and oxygen atoms in total. The average Bonchev–Trinajstić information content (AvgIpc) is 2.68. The molecule has 0 saturated carbocycles. The lowest BCUT2D eigenvalue weighted by atomic mass is 10.1. The normalized spacial score (nSPS) is 20.5. The van der Waals surface area contributed by atoms with Gasteiger partial charge in [0.2, 0.25) is 0 Å². The highest BCUT2D eigenvalue weighted by atomic mass is 16.2. The lowest BCUT2D eigenvalue weighted by molar-refractivity contribution is -1.02. The number of amides is 1. The summed E-state index contributed by atoms with van der Waals surface area (Å²) in [7, 11) is 0. The molecule has 0 bridgehead atoms. The summed E-state index contributed by atoms with van der Waals surface area (Å²) in [5.74, 6) is 0.0387. The molecule has 0 aliphatic carbocycles. The number of quaternary nitrogens is 2. The highest BCUT2D eigenvalue weighted by Crippen LogP contribution is 2.08. The van der Waals surface area contributed by atoms with E-state index in [1.54, 1.807) is 29.2 Å². The van der Waals surface area contributed by atoms with Crippen LogP contribution in [0.1, 0.15) is 23.6 Å². The van der Waals surface area contributed by atoms with Gasteiger partial charge in [-0.15, -0.1) is 0 Å². The summed E-state index contributed by atoms with van der Waals surface area (Å²) in [5.41, 5.74) is 4.04. The van der Waals surface area contributed by atoms with Crippen molar-refractivity contribution in [1.29, 1.82) is 5.26 Å². The van der Waals surface area contributed by atoms with E-state index in [4.69, 9.17) is 5.26 Å². The maximum atomic E-state index is 12.6. The molecule has 1 amide bonds. The minimum absolute atomic E-state index is 0.0387. The SMILES string of the molecule is Cc1cccc(C[NH+]2CC[NH+]([C@H](C)C(=O)Nc3ccc(C#N)cc3)CC2)c1. The smallest absolute Gasteiger partial charge is 0.282 e. The molecule has 3 rings (SSSR count). The Morgan fingerprint density at radius 2 is 1.85 bits per heavy atom. The molecule has 1 heterocycles. The third-order valence-corrected chi connectivity index (χ3v) is 5.42. The van der Waals surface area contributed by atoms with Crippen molar-refractivity contribution < 1.29 is 14.6 Å². The van der Waals surface area contributed by atoms with Gasteiger partial charge in [0.15, 0.2) is 6.04 Å². The molecule has 0 radical (unpaired) electrons. The molecule has 1 saturated heterocycles. The minimum Gasteiger partial charge on any atom is -0.322 e. The minimum atomic E-state index is -0.0823. The Balaban J connectivity index is 1.49. The molecule has 0 aromatic heterocycles. The van der Waals surface area contributed by atoms with Gasteiger partial charge in [-0.1, -0.05) is 29.8 Å². The molecule has 2 aromatic carbocycles. The van der Waals surface area contributed by atoms with Crippen LogP contribution in [0, 0.1) is 18.3 Å². The summed E-state index contributed by atoms with van der Waals surface area (Å²) in [4.78, 5) is 15.5. The largest absolute Gasteiger partial charge is 0.322 e. The molecule has 140 valence electrons. The molecule has 1 fully saturated rings. The summed E-state index contributed by atoms with van der Waals surface area (Å²) < 4.78 is 0. The highest BCUT2D eigenvalue weighted by molar-refractivity contribution is 5.93. The van der Waals surface area contributed by atoms with E-state index in [1.807, 2.05) is 6.92 Å². The van der Waals surface area contributed by atoms with Gasteiger partial charge in [-0.2, -0.15) is 5.26 Å². The maximum absolute atomic E-state index is 12.6. The van der Waals surface area contributed by atoms with Crippen LogP contribution >= 0.6 is 0 Å². The maximum Gasteiger partial charge on any atom is 0.282 e. The topological polar surface area (TPSA) is 61.8 Å². The molecular formula is C22H28N4O+2. The number of nitrogens with zero attached hydrogens (tertiary/aromatic N) is 1. The second-order valence-electron chi connectivity index (χ2n) is 7.47. The Kier molecular flexibility index (Phi) is 6.23. The fourth-order valence-electron chi connectivity index (χ4n) is 3.71. The van der Waals surface area contributed by atoms with E-state index < -0.39 is 0 Å². The standard InChI is InChI=1S/C22H26N4O/c1-17-4-3-5-20(14-17)16-25-10-12-26(13-11-25)18(2)22(27)24-21-8-6-19(15-23)7-9-21/h3-9,14,18H,10-13,16H2,1-2H3,(H,24,27)/p+2/t18-/m1/s1. The second kappa shape index (κ2) is 8.81. The van der Waals surface area contributed by atoms with Gasteiger partial charge in [-0.3, -0.25) is 4.79 Å². The average molecular weight is 364 g/mol. The number of nitrogens with one attached hydrogen (secondary N) is 3. The highest BCUT2D eigenvalue weighted by Gasteiger charge is 2.31. The van der Waals surface area contributed by atoms with E-state index in [2.05, 4.69) is 42.6 Å². The van der Waals surface area contributed by atoms with Crippen molar-refractivity contribution in [2.24, 2.45) is 0 Å². The zero-order valence-electron chi connectivity index (χ0n) is 16.1. The fraction of sp³-hybridized carbons (Fsp3) is 0.364. The van der Waals surface area contributed by atoms with E-state index in [1.165, 1.54) is 16.0 Å². The number of aryl methyl sites for hydroxylation is 1. The van der Waals surface area contributed by atoms with E-state index in [0.717, 1.165) is 38.4 Å². The number of benzene rings is 2. The van der Waals surface area contributed by atoms with Crippen LogP contribution in [0.2, 0.25) is 0 Å². The van der Waals surface area contributed by atoms with Crippen molar-refractivity contribution in [2.45, 2.75) is 26.4 Å². The number of hydrogen-bond acceptors (Lipinski definition) is 2. The number of carbonyl (C=O) groups excluding carboxylic acids is 1. The third-order valence-electron chi connectivity index (χ3n) is 5.42. The summed E-state index contributed by atoms with van der Waals surface area (Å²) in [6, 6.07) is 17.7. The molecule has 0 spiro atoms. The van der Waals surface area contributed by atoms with Crippen molar-refractivity contribution >= 4 is 11.6 Å². The quantitative estimate of drug-likeness (QED) is 0.709. The van der Waals surface area contributed by atoms with E-state index >= 15 is 0 Å². The molecule has 1 aliphatic heterocycles. The number of anilines is 1. The van der Waals surface area contributed by atoms with Crippen LogP contribution < -0.4 is 15.1 Å². The van der Waals surface area contributed by atoms with Crippen molar-refractivity contribution in [2.75, 3.05) is 31.5 Å². The monoisotopic (exact) mass is 364 g/mol. The Labute approximate surface area is 161 Å². The summed E-state index contributed by atoms with van der Waals surface area (Å²) in [6.07, 6.45) is 0. The first kappa shape index (κ1) is 19.1. The van der Waals surface area contributed by atoms with Crippen LogP contribution in [0.3, 0.4) is 0 Å². The van der Waals surface area contributed by atoms with Gasteiger partial charge in [0, 0.05) is 11.3 Å². The number of piperazine rings is 1. The number of rotatable bonds is 5. The van der Waals surface area contributed by atoms with E-state index in [9.17, 15) is 4.79 Å². The van der Waals surface area contributed by atoms with E-state index in [0.29, 0.717) is 5.56 Å². The van der Waals surface area contributed by atoms with Crippen LogP contribution in [0.4, 0.5) is 5.69 Å². The first-order valence-electron chi connectivity index (χ1n) is 9.60. The van der Waals surface area contributed by atoms with Crippen molar-refractivity contribution in [3.63, 3.8) is 0 Å². The van der Waals surface area contributed by atoms with Crippen LogP contribution in [0.5, 0.6) is 0 Å². The number of hydrogen-bond donors (Lipinski definition) is 3. The van der Waals surface area contributed by atoms with Crippen molar-refractivity contribution in [3.8, 4) is 6.07 Å². The van der Waals surface area contributed by atoms with E-state index in [-0.39, 0.29) is 11.9 Å². The van der Waals surface area contributed by atoms with Crippen molar-refractivity contribution in [3.05, 3.63) is 65.2 Å². The predicted molar refractivity (Wildman–Crippen MR) is 106 cm³/mol. The van der Waals surface area contributed by atoms with Crippen LogP contribution in [-0.2, 0) is 11.3 Å². The summed E-state index contributed by atoms with van der Waals surface area (Å²) in [5, 5.41) is 11.8. The van der Waals surface area contributed by atoms with Gasteiger partial charge in [0.1, 0.15) is 32.7 Å². The second-order valence-corrected chi connectivity index (χ2v) is 7.47. The Bertz CT molecular complexity index is 817. The lowest BCUT2D eigenvalue weighted by Gasteiger charge is -2.32. The van der Waals surface area contributed by atoms with Gasteiger partial charge in [0.25, 0.3) is 5.91 Å². The Morgan fingerprint density at radius 1 is 1.15 bits per heavy atom. The van der Waals surface area contributed by atoms with Crippen molar-refractivity contribution in [1.82, 2.24) is 0 Å². The van der Waals surface area contributed by atoms with Crippen LogP contribution in [-0.4, -0.2) is 38.1 Å². The lowest BCUT2D eigenvalue weighted by Crippen LogP contribution is -3.29. The molecule has 5 heteroatoms. The first-order valence-corrected chi connectivity index (χ1v) is 9.60. The molecular weight excluding hydrogens is 336 g/mol. The molecule has 2 aromatic rings. The third kappa shape index (κ3) is 5.16. The predicted octanol–water partition coefficient (Wildman–Crippen LogP) is 0.177. The Hall–Kier alpha value is -2.68. The van der Waals surface area contributed by atoms with Gasteiger partial charge >= 0.3 is 0 Å². The van der Waals surface area contributed by atoms with Crippen LogP contribution in [0.25, 0.3) is 0 Å².